The molecule has 0 spiro atoms. The van der Waals surface area contributed by atoms with E-state index >= 15 is 0 Å². The molecule has 0 nitrogen and oxygen atoms in total. The lowest BCUT2D eigenvalue weighted by Crippen LogP contribution is -2.10. The van der Waals surface area contributed by atoms with Crippen LogP contribution in [0, 0.1) is 11.8 Å². The van der Waals surface area contributed by atoms with Gasteiger partial charge in [0.25, 0.3) is 0 Å². The van der Waals surface area contributed by atoms with Gasteiger partial charge in [-0.3, -0.25) is 0 Å². The van der Waals surface area contributed by atoms with Gasteiger partial charge in [-0.1, -0.05) is 73.8 Å². The maximum atomic E-state index is 3.93. The first-order chi connectivity index (χ1) is 8.63. The van der Waals surface area contributed by atoms with Crippen LogP contribution >= 0.6 is 15.9 Å². The first kappa shape index (κ1) is 14.1. The lowest BCUT2D eigenvalue weighted by Gasteiger charge is -2.22. The second-order valence-electron chi connectivity index (χ2n) is 5.95. The zero-order valence-corrected chi connectivity index (χ0v) is 13.4. The van der Waals surface area contributed by atoms with Gasteiger partial charge in [-0.05, 0) is 41.7 Å². The Balaban J connectivity index is 2.09. The van der Waals surface area contributed by atoms with Gasteiger partial charge in [0.15, 0.2) is 0 Å². The summed E-state index contributed by atoms with van der Waals surface area (Å²) in [5, 5.41) is 0. The minimum absolute atomic E-state index is 0.543. The van der Waals surface area contributed by atoms with Crippen LogP contribution in [0.2, 0.25) is 0 Å². The van der Waals surface area contributed by atoms with Crippen molar-refractivity contribution in [3.8, 4) is 0 Å². The van der Waals surface area contributed by atoms with Crippen LogP contribution in [0.5, 0.6) is 0 Å². The highest BCUT2D eigenvalue weighted by Gasteiger charge is 2.30. The molecule has 1 aromatic carbocycles. The fourth-order valence-electron chi connectivity index (χ4n) is 3.10. The van der Waals surface area contributed by atoms with Crippen LogP contribution in [0.4, 0.5) is 0 Å². The summed E-state index contributed by atoms with van der Waals surface area (Å²) < 4.78 is 0. The quantitative estimate of drug-likeness (QED) is 0.592. The Morgan fingerprint density at radius 1 is 1.17 bits per heavy atom. The average molecular weight is 309 g/mol. The van der Waals surface area contributed by atoms with E-state index < -0.39 is 0 Å². The van der Waals surface area contributed by atoms with Gasteiger partial charge >= 0.3 is 0 Å². The number of hydrogen-bond acceptors (Lipinski definition) is 0. The van der Waals surface area contributed by atoms with Crippen molar-refractivity contribution in [1.82, 2.24) is 0 Å². The molecule has 1 fully saturated rings. The Hall–Kier alpha value is -0.300. The molecule has 0 N–H and O–H groups in total. The molecule has 1 aliphatic rings. The molecule has 1 heteroatoms. The van der Waals surface area contributed by atoms with Gasteiger partial charge in [-0.15, -0.1) is 0 Å². The smallest absolute Gasteiger partial charge is 0.0426 e. The summed E-state index contributed by atoms with van der Waals surface area (Å²) in [6, 6.07) is 9.28. The largest absolute Gasteiger partial charge is 0.0836 e. The Morgan fingerprint density at radius 3 is 2.28 bits per heavy atom. The van der Waals surface area contributed by atoms with Crippen LogP contribution in [0.15, 0.2) is 24.3 Å². The summed E-state index contributed by atoms with van der Waals surface area (Å²) in [5.74, 6) is 2.36. The molecule has 4 unspecified atom stereocenters. The predicted molar refractivity (Wildman–Crippen MR) is 83.3 cm³/mol. The van der Waals surface area contributed by atoms with E-state index in [0.29, 0.717) is 10.7 Å². The Morgan fingerprint density at radius 2 is 1.78 bits per heavy atom. The topological polar surface area (TPSA) is 0 Å². The van der Waals surface area contributed by atoms with Gasteiger partial charge in [0, 0.05) is 4.83 Å². The molecule has 100 valence electrons. The van der Waals surface area contributed by atoms with Gasteiger partial charge in [0.1, 0.15) is 0 Å². The molecule has 0 aliphatic heterocycles. The first-order valence-electron chi connectivity index (χ1n) is 7.37. The van der Waals surface area contributed by atoms with Crippen molar-refractivity contribution in [3.63, 3.8) is 0 Å². The lowest BCUT2D eigenvalue weighted by atomic mass is 9.89. The molecule has 0 bridgehead atoms. The fraction of sp³-hybridized carbons (Fsp3) is 0.647. The predicted octanol–water partition coefficient (Wildman–Crippen LogP) is 6.07. The molecule has 1 aromatic rings. The maximum Gasteiger partial charge on any atom is 0.0426 e. The molecule has 0 heterocycles. The molecular weight excluding hydrogens is 284 g/mol. The van der Waals surface area contributed by atoms with Crippen molar-refractivity contribution < 1.29 is 0 Å². The van der Waals surface area contributed by atoms with Gasteiger partial charge in [-0.25, -0.2) is 0 Å². The maximum absolute atomic E-state index is 3.93. The van der Waals surface area contributed by atoms with Crippen LogP contribution in [-0.2, 0) is 0 Å². The second kappa shape index (κ2) is 6.23. The third-order valence-corrected chi connectivity index (χ3v) is 5.95. The molecule has 0 saturated heterocycles. The highest BCUT2D eigenvalue weighted by molar-refractivity contribution is 9.09. The molecular formula is C17H25Br. The molecule has 18 heavy (non-hydrogen) atoms. The van der Waals surface area contributed by atoms with Crippen molar-refractivity contribution >= 4 is 15.9 Å². The van der Waals surface area contributed by atoms with Gasteiger partial charge in [0.2, 0.25) is 0 Å². The first-order valence-corrected chi connectivity index (χ1v) is 8.29. The number of rotatable bonds is 4. The van der Waals surface area contributed by atoms with E-state index in [0.717, 1.165) is 11.8 Å². The minimum atomic E-state index is 0.543. The monoisotopic (exact) mass is 308 g/mol. The zero-order chi connectivity index (χ0) is 13.1. The molecule has 0 amide bonds. The lowest BCUT2D eigenvalue weighted by molar-refractivity contribution is 0.414. The van der Waals surface area contributed by atoms with E-state index in [-0.39, 0.29) is 0 Å². The van der Waals surface area contributed by atoms with Crippen molar-refractivity contribution in [2.24, 2.45) is 11.8 Å². The molecule has 0 aromatic heterocycles. The summed E-state index contributed by atoms with van der Waals surface area (Å²) in [5.41, 5.74) is 2.93. The summed E-state index contributed by atoms with van der Waals surface area (Å²) in [7, 11) is 0. The molecule has 4 atom stereocenters. The van der Waals surface area contributed by atoms with E-state index in [1.54, 1.807) is 0 Å². The van der Waals surface area contributed by atoms with Crippen LogP contribution in [0.3, 0.4) is 0 Å². The van der Waals surface area contributed by atoms with E-state index in [1.165, 1.54) is 36.8 Å². The number of benzene rings is 1. The fourth-order valence-corrected chi connectivity index (χ4v) is 4.19. The van der Waals surface area contributed by atoms with E-state index in [2.05, 4.69) is 61.0 Å². The second-order valence-corrected chi connectivity index (χ2v) is 6.94. The normalized spacial score (nSPS) is 27.1. The van der Waals surface area contributed by atoms with E-state index in [1.807, 2.05) is 0 Å². The van der Waals surface area contributed by atoms with Crippen LogP contribution in [0.1, 0.15) is 68.3 Å². The van der Waals surface area contributed by atoms with Gasteiger partial charge < -0.3 is 0 Å². The van der Waals surface area contributed by atoms with Crippen molar-refractivity contribution in [2.45, 2.75) is 57.2 Å². The Labute approximate surface area is 120 Å². The SMILES string of the molecule is CCC(C)c1ccc(C(Br)C2CCCC2C)cc1. The standard InChI is InChI=1S/C17H25Br/c1-4-12(2)14-8-10-15(11-9-14)17(18)16-7-5-6-13(16)3/h8-13,16-17H,4-7H2,1-3H3. The third kappa shape index (κ3) is 2.99. The molecule has 1 saturated carbocycles. The number of alkyl halides is 1. The Bertz CT molecular complexity index is 368. The van der Waals surface area contributed by atoms with E-state index in [4.69, 9.17) is 0 Å². The van der Waals surface area contributed by atoms with Crippen molar-refractivity contribution in [3.05, 3.63) is 35.4 Å². The van der Waals surface area contributed by atoms with Crippen LogP contribution in [-0.4, -0.2) is 0 Å². The minimum Gasteiger partial charge on any atom is -0.0836 e. The summed E-state index contributed by atoms with van der Waals surface area (Å²) in [6.07, 6.45) is 5.40. The summed E-state index contributed by atoms with van der Waals surface area (Å²) >= 11 is 3.93. The van der Waals surface area contributed by atoms with E-state index in [9.17, 15) is 0 Å². The zero-order valence-electron chi connectivity index (χ0n) is 11.8. The molecule has 1 aliphatic carbocycles. The third-order valence-electron chi connectivity index (χ3n) is 4.74. The highest BCUT2D eigenvalue weighted by Crippen LogP contribution is 2.44. The number of halogens is 1. The molecule has 2 rings (SSSR count). The highest BCUT2D eigenvalue weighted by atomic mass is 79.9. The average Bonchev–Trinajstić information content (AvgIpc) is 2.83. The van der Waals surface area contributed by atoms with Crippen LogP contribution < -0.4 is 0 Å². The summed E-state index contributed by atoms with van der Waals surface area (Å²) in [4.78, 5) is 0.543. The summed E-state index contributed by atoms with van der Waals surface area (Å²) in [6.45, 7) is 6.96. The van der Waals surface area contributed by atoms with Crippen molar-refractivity contribution in [2.75, 3.05) is 0 Å². The van der Waals surface area contributed by atoms with Crippen molar-refractivity contribution in [1.29, 1.82) is 0 Å². The van der Waals surface area contributed by atoms with Gasteiger partial charge in [0.05, 0.1) is 0 Å². The number of hydrogen-bond donors (Lipinski definition) is 0. The molecule has 0 radical (unpaired) electrons. The van der Waals surface area contributed by atoms with Crippen LogP contribution in [0.25, 0.3) is 0 Å². The Kier molecular flexibility index (Phi) is 4.89. The van der Waals surface area contributed by atoms with Gasteiger partial charge in [-0.2, -0.15) is 0 Å².